The van der Waals surface area contributed by atoms with E-state index in [9.17, 15) is 9.18 Å². The topological polar surface area (TPSA) is 49.3 Å². The number of carbonyl (C=O) groups is 1. The lowest BCUT2D eigenvalue weighted by Gasteiger charge is -2.29. The first kappa shape index (κ1) is 13.8. The summed E-state index contributed by atoms with van der Waals surface area (Å²) < 4.78 is 13.6. The average molecular weight is 265 g/mol. The zero-order valence-corrected chi connectivity index (χ0v) is 11.2. The second-order valence-electron chi connectivity index (χ2n) is 5.27. The first-order chi connectivity index (χ1) is 9.10. The van der Waals surface area contributed by atoms with Crippen molar-refractivity contribution in [3.8, 4) is 0 Å². The van der Waals surface area contributed by atoms with Gasteiger partial charge in [0.05, 0.1) is 5.56 Å². The Morgan fingerprint density at radius 2 is 2.05 bits per heavy atom. The van der Waals surface area contributed by atoms with E-state index in [1.165, 1.54) is 31.4 Å². The van der Waals surface area contributed by atoms with Crippen LogP contribution < -0.4 is 5.32 Å². The van der Waals surface area contributed by atoms with Crippen LogP contribution in [0.3, 0.4) is 0 Å². The molecular weight excluding hydrogens is 245 g/mol. The molecule has 1 aliphatic carbocycles. The summed E-state index contributed by atoms with van der Waals surface area (Å²) in [6.07, 6.45) is 5.85. The monoisotopic (exact) mass is 265 g/mol. The predicted molar refractivity (Wildman–Crippen MR) is 73.0 cm³/mol. The van der Waals surface area contributed by atoms with E-state index in [4.69, 9.17) is 5.11 Å². The second kappa shape index (κ2) is 6.04. The Labute approximate surface area is 112 Å². The van der Waals surface area contributed by atoms with Crippen molar-refractivity contribution >= 4 is 11.7 Å². The maximum Gasteiger partial charge on any atom is 0.338 e. The van der Waals surface area contributed by atoms with E-state index in [0.717, 1.165) is 18.8 Å². The molecule has 2 N–H and O–H groups in total. The van der Waals surface area contributed by atoms with Gasteiger partial charge in [-0.25, -0.2) is 9.18 Å². The Morgan fingerprint density at radius 1 is 1.37 bits per heavy atom. The lowest BCUT2D eigenvalue weighted by Crippen LogP contribution is -2.26. The Bertz CT molecular complexity index is 453. The molecule has 0 unspecified atom stereocenters. The summed E-state index contributed by atoms with van der Waals surface area (Å²) in [5.74, 6) is -1.09. The quantitative estimate of drug-likeness (QED) is 0.868. The Balaban J connectivity index is 1.97. The van der Waals surface area contributed by atoms with Gasteiger partial charge in [-0.15, -0.1) is 0 Å². The Kier molecular flexibility index (Phi) is 4.40. The summed E-state index contributed by atoms with van der Waals surface area (Å²) in [6.45, 7) is 2.22. The van der Waals surface area contributed by atoms with Crippen LogP contribution in [0, 0.1) is 11.7 Å². The molecule has 104 valence electrons. The standard InChI is InChI=1S/C15H20FNO2/c1-2-10-3-5-11(6-4-10)17-12-7-8-13(15(18)19)14(16)9-12/h7-11,17H,2-6H2,1H3,(H,18,19). The molecule has 0 aromatic heterocycles. The Hall–Kier alpha value is -1.58. The lowest BCUT2D eigenvalue weighted by molar-refractivity contribution is 0.0692. The first-order valence-corrected chi connectivity index (χ1v) is 6.89. The number of hydrogen-bond donors (Lipinski definition) is 2. The molecule has 1 fully saturated rings. The van der Waals surface area contributed by atoms with E-state index in [-0.39, 0.29) is 5.56 Å². The summed E-state index contributed by atoms with van der Waals surface area (Å²) in [7, 11) is 0. The van der Waals surface area contributed by atoms with Crippen molar-refractivity contribution < 1.29 is 14.3 Å². The van der Waals surface area contributed by atoms with Gasteiger partial charge in [-0.05, 0) is 49.8 Å². The van der Waals surface area contributed by atoms with Gasteiger partial charge >= 0.3 is 5.97 Å². The lowest BCUT2D eigenvalue weighted by atomic mass is 9.84. The molecule has 3 nitrogen and oxygen atoms in total. The first-order valence-electron chi connectivity index (χ1n) is 6.89. The van der Waals surface area contributed by atoms with E-state index < -0.39 is 11.8 Å². The fourth-order valence-corrected chi connectivity index (χ4v) is 2.73. The largest absolute Gasteiger partial charge is 0.478 e. The van der Waals surface area contributed by atoms with Crippen molar-refractivity contribution in [2.75, 3.05) is 5.32 Å². The molecule has 0 bridgehead atoms. The van der Waals surface area contributed by atoms with Crippen LogP contribution in [0.1, 0.15) is 49.4 Å². The number of carboxylic acids is 1. The molecule has 0 atom stereocenters. The van der Waals surface area contributed by atoms with Crippen LogP contribution in [0.15, 0.2) is 18.2 Å². The van der Waals surface area contributed by atoms with Crippen LogP contribution in [0.25, 0.3) is 0 Å². The fraction of sp³-hybridized carbons (Fsp3) is 0.533. The zero-order chi connectivity index (χ0) is 13.8. The van der Waals surface area contributed by atoms with E-state index in [1.54, 1.807) is 6.07 Å². The minimum Gasteiger partial charge on any atom is -0.478 e. The van der Waals surface area contributed by atoms with Crippen molar-refractivity contribution in [2.45, 2.75) is 45.1 Å². The summed E-state index contributed by atoms with van der Waals surface area (Å²) in [6, 6.07) is 4.60. The number of halogens is 1. The SMILES string of the molecule is CCC1CCC(Nc2ccc(C(=O)O)c(F)c2)CC1. The number of hydrogen-bond acceptors (Lipinski definition) is 2. The van der Waals surface area contributed by atoms with Gasteiger partial charge in [0.2, 0.25) is 0 Å². The highest BCUT2D eigenvalue weighted by molar-refractivity contribution is 5.88. The highest BCUT2D eigenvalue weighted by Gasteiger charge is 2.20. The van der Waals surface area contributed by atoms with Gasteiger partial charge in [0.1, 0.15) is 5.82 Å². The summed E-state index contributed by atoms with van der Waals surface area (Å²) in [5.41, 5.74) is 0.391. The summed E-state index contributed by atoms with van der Waals surface area (Å²) in [5, 5.41) is 12.1. The zero-order valence-electron chi connectivity index (χ0n) is 11.2. The van der Waals surface area contributed by atoms with Gasteiger partial charge in [0.25, 0.3) is 0 Å². The fourth-order valence-electron chi connectivity index (χ4n) is 2.73. The molecule has 1 aromatic rings. The van der Waals surface area contributed by atoms with Gasteiger partial charge in [-0.1, -0.05) is 13.3 Å². The highest BCUT2D eigenvalue weighted by Crippen LogP contribution is 2.28. The normalized spacial score (nSPS) is 23.1. The van der Waals surface area contributed by atoms with Crippen molar-refractivity contribution in [3.63, 3.8) is 0 Å². The second-order valence-corrected chi connectivity index (χ2v) is 5.27. The number of anilines is 1. The molecule has 0 saturated heterocycles. The molecule has 0 heterocycles. The summed E-state index contributed by atoms with van der Waals surface area (Å²) in [4.78, 5) is 10.7. The van der Waals surface area contributed by atoms with E-state index in [0.29, 0.717) is 11.7 Å². The van der Waals surface area contributed by atoms with Crippen molar-refractivity contribution in [2.24, 2.45) is 5.92 Å². The van der Waals surface area contributed by atoms with Crippen molar-refractivity contribution in [1.29, 1.82) is 0 Å². The van der Waals surface area contributed by atoms with Crippen LogP contribution in [-0.4, -0.2) is 17.1 Å². The van der Waals surface area contributed by atoms with Gasteiger partial charge in [-0.2, -0.15) is 0 Å². The molecule has 0 spiro atoms. The van der Waals surface area contributed by atoms with Gasteiger partial charge in [0, 0.05) is 11.7 Å². The number of benzene rings is 1. The van der Waals surface area contributed by atoms with E-state index in [2.05, 4.69) is 12.2 Å². The molecular formula is C15H20FNO2. The van der Waals surface area contributed by atoms with Crippen molar-refractivity contribution in [3.05, 3.63) is 29.6 Å². The van der Waals surface area contributed by atoms with Crippen LogP contribution in [0.5, 0.6) is 0 Å². The average Bonchev–Trinajstić information content (AvgIpc) is 2.39. The van der Waals surface area contributed by atoms with Crippen LogP contribution in [-0.2, 0) is 0 Å². The third-order valence-electron chi connectivity index (χ3n) is 3.99. The number of carboxylic acid groups (broad SMARTS) is 1. The minimum atomic E-state index is -1.23. The molecule has 4 heteroatoms. The minimum absolute atomic E-state index is 0.278. The number of rotatable bonds is 4. The Morgan fingerprint density at radius 3 is 2.58 bits per heavy atom. The smallest absolute Gasteiger partial charge is 0.338 e. The molecule has 19 heavy (non-hydrogen) atoms. The molecule has 0 radical (unpaired) electrons. The van der Waals surface area contributed by atoms with Crippen LogP contribution >= 0.6 is 0 Å². The number of nitrogens with one attached hydrogen (secondary N) is 1. The third kappa shape index (κ3) is 3.46. The van der Waals surface area contributed by atoms with E-state index in [1.807, 2.05) is 0 Å². The highest BCUT2D eigenvalue weighted by atomic mass is 19.1. The summed E-state index contributed by atoms with van der Waals surface area (Å²) >= 11 is 0. The maximum absolute atomic E-state index is 13.6. The van der Waals surface area contributed by atoms with Gasteiger partial charge in [0.15, 0.2) is 0 Å². The van der Waals surface area contributed by atoms with Gasteiger partial charge < -0.3 is 10.4 Å². The van der Waals surface area contributed by atoms with Crippen molar-refractivity contribution in [1.82, 2.24) is 0 Å². The number of aromatic carboxylic acids is 1. The van der Waals surface area contributed by atoms with Gasteiger partial charge in [-0.3, -0.25) is 0 Å². The molecule has 1 aromatic carbocycles. The predicted octanol–water partition coefficient (Wildman–Crippen LogP) is 3.90. The molecule has 1 aliphatic rings. The third-order valence-corrected chi connectivity index (χ3v) is 3.99. The molecule has 0 amide bonds. The molecule has 2 rings (SSSR count). The molecule has 0 aliphatic heterocycles. The van der Waals surface area contributed by atoms with Crippen LogP contribution in [0.2, 0.25) is 0 Å². The maximum atomic E-state index is 13.6. The van der Waals surface area contributed by atoms with Crippen LogP contribution in [0.4, 0.5) is 10.1 Å². The van der Waals surface area contributed by atoms with E-state index >= 15 is 0 Å². The molecule has 1 saturated carbocycles.